The van der Waals surface area contributed by atoms with Crippen LogP contribution in [0.15, 0.2) is 16.8 Å². The SMILES string of the molecule is CNC(c1ccsc1)c1c(C)nn(C)c1C. The highest BCUT2D eigenvalue weighted by Crippen LogP contribution is 2.28. The molecule has 1 N–H and O–H groups in total. The topological polar surface area (TPSA) is 29.9 Å². The first-order chi connectivity index (χ1) is 7.65. The second-order valence-electron chi connectivity index (χ2n) is 3.99. The van der Waals surface area contributed by atoms with Crippen molar-refractivity contribution in [2.75, 3.05) is 7.05 Å². The minimum absolute atomic E-state index is 0.250. The lowest BCUT2D eigenvalue weighted by molar-refractivity contribution is 0.680. The quantitative estimate of drug-likeness (QED) is 0.885. The van der Waals surface area contributed by atoms with Crippen LogP contribution in [0.3, 0.4) is 0 Å². The minimum atomic E-state index is 0.250. The van der Waals surface area contributed by atoms with E-state index in [1.807, 2.05) is 18.8 Å². The summed E-state index contributed by atoms with van der Waals surface area (Å²) >= 11 is 1.73. The summed E-state index contributed by atoms with van der Waals surface area (Å²) in [5, 5.41) is 12.1. The second kappa shape index (κ2) is 4.39. The van der Waals surface area contributed by atoms with Crippen molar-refractivity contribution in [2.24, 2.45) is 7.05 Å². The van der Waals surface area contributed by atoms with E-state index in [0.717, 1.165) is 5.69 Å². The van der Waals surface area contributed by atoms with E-state index in [1.54, 1.807) is 11.3 Å². The van der Waals surface area contributed by atoms with Crippen LogP contribution in [0.4, 0.5) is 0 Å². The summed E-state index contributed by atoms with van der Waals surface area (Å²) in [6.45, 7) is 4.19. The Morgan fingerprint density at radius 3 is 2.62 bits per heavy atom. The molecular weight excluding hydrogens is 218 g/mol. The first-order valence-electron chi connectivity index (χ1n) is 5.34. The predicted molar refractivity (Wildman–Crippen MR) is 67.9 cm³/mol. The first-order valence-corrected chi connectivity index (χ1v) is 6.29. The van der Waals surface area contributed by atoms with E-state index >= 15 is 0 Å². The highest BCUT2D eigenvalue weighted by molar-refractivity contribution is 7.08. The maximum atomic E-state index is 4.47. The lowest BCUT2D eigenvalue weighted by Crippen LogP contribution is -2.18. The van der Waals surface area contributed by atoms with Crippen molar-refractivity contribution >= 4 is 11.3 Å². The third kappa shape index (κ3) is 1.79. The summed E-state index contributed by atoms with van der Waals surface area (Å²) in [5.74, 6) is 0. The molecule has 0 amide bonds. The molecule has 1 atom stereocenters. The number of hydrogen-bond acceptors (Lipinski definition) is 3. The molecule has 0 aromatic carbocycles. The van der Waals surface area contributed by atoms with Gasteiger partial charge >= 0.3 is 0 Å². The van der Waals surface area contributed by atoms with E-state index < -0.39 is 0 Å². The van der Waals surface area contributed by atoms with Gasteiger partial charge in [-0.15, -0.1) is 0 Å². The van der Waals surface area contributed by atoms with Crippen molar-refractivity contribution in [3.63, 3.8) is 0 Å². The van der Waals surface area contributed by atoms with Crippen LogP contribution in [0.5, 0.6) is 0 Å². The maximum Gasteiger partial charge on any atom is 0.0647 e. The monoisotopic (exact) mass is 235 g/mol. The zero-order chi connectivity index (χ0) is 11.7. The molecule has 1 unspecified atom stereocenters. The zero-order valence-electron chi connectivity index (χ0n) is 10.1. The van der Waals surface area contributed by atoms with E-state index in [2.05, 4.69) is 41.1 Å². The van der Waals surface area contributed by atoms with Gasteiger partial charge in [-0.3, -0.25) is 4.68 Å². The van der Waals surface area contributed by atoms with Gasteiger partial charge in [0, 0.05) is 18.3 Å². The van der Waals surface area contributed by atoms with Gasteiger partial charge in [0.2, 0.25) is 0 Å². The Labute approximate surface area is 100 Å². The molecule has 0 aliphatic heterocycles. The van der Waals surface area contributed by atoms with E-state index in [0.29, 0.717) is 0 Å². The van der Waals surface area contributed by atoms with Crippen LogP contribution in [0.25, 0.3) is 0 Å². The van der Waals surface area contributed by atoms with Crippen LogP contribution in [0, 0.1) is 13.8 Å². The maximum absolute atomic E-state index is 4.47. The molecule has 2 rings (SSSR count). The van der Waals surface area contributed by atoms with Crippen LogP contribution >= 0.6 is 11.3 Å². The molecule has 0 spiro atoms. The van der Waals surface area contributed by atoms with E-state index in [-0.39, 0.29) is 6.04 Å². The normalized spacial score (nSPS) is 13.0. The largest absolute Gasteiger partial charge is 0.309 e. The van der Waals surface area contributed by atoms with Gasteiger partial charge in [-0.2, -0.15) is 16.4 Å². The number of thiophene rings is 1. The molecule has 4 heteroatoms. The zero-order valence-corrected chi connectivity index (χ0v) is 10.9. The number of aryl methyl sites for hydroxylation is 2. The Morgan fingerprint density at radius 2 is 2.19 bits per heavy atom. The van der Waals surface area contributed by atoms with Crippen molar-refractivity contribution < 1.29 is 0 Å². The van der Waals surface area contributed by atoms with Gasteiger partial charge in [0.25, 0.3) is 0 Å². The molecule has 0 aliphatic rings. The van der Waals surface area contributed by atoms with E-state index in [9.17, 15) is 0 Å². The van der Waals surface area contributed by atoms with Gasteiger partial charge in [-0.25, -0.2) is 0 Å². The van der Waals surface area contributed by atoms with E-state index in [4.69, 9.17) is 0 Å². The Kier molecular flexibility index (Phi) is 3.12. The third-order valence-corrected chi connectivity index (χ3v) is 3.72. The number of hydrogen-bond donors (Lipinski definition) is 1. The summed E-state index contributed by atoms with van der Waals surface area (Å²) in [6, 6.07) is 2.41. The summed E-state index contributed by atoms with van der Waals surface area (Å²) in [6.07, 6.45) is 0. The Hall–Kier alpha value is -1.13. The van der Waals surface area contributed by atoms with E-state index in [1.165, 1.54) is 16.8 Å². The second-order valence-corrected chi connectivity index (χ2v) is 4.77. The first kappa shape index (κ1) is 11.4. The van der Waals surface area contributed by atoms with Gasteiger partial charge in [0.05, 0.1) is 11.7 Å². The molecule has 0 radical (unpaired) electrons. The summed E-state index contributed by atoms with van der Waals surface area (Å²) < 4.78 is 1.95. The van der Waals surface area contributed by atoms with Crippen molar-refractivity contribution in [1.82, 2.24) is 15.1 Å². The van der Waals surface area contributed by atoms with Crippen molar-refractivity contribution in [3.05, 3.63) is 39.3 Å². The van der Waals surface area contributed by atoms with Crippen molar-refractivity contribution in [1.29, 1.82) is 0 Å². The van der Waals surface area contributed by atoms with Gasteiger partial charge in [-0.1, -0.05) is 0 Å². The molecular formula is C12H17N3S. The van der Waals surface area contributed by atoms with Crippen LogP contribution in [-0.4, -0.2) is 16.8 Å². The van der Waals surface area contributed by atoms with Crippen LogP contribution in [-0.2, 0) is 7.05 Å². The molecule has 0 fully saturated rings. The molecule has 0 aliphatic carbocycles. The fraction of sp³-hybridized carbons (Fsp3) is 0.417. The lowest BCUT2D eigenvalue weighted by Gasteiger charge is -2.15. The molecule has 0 saturated carbocycles. The molecule has 3 nitrogen and oxygen atoms in total. The smallest absolute Gasteiger partial charge is 0.0647 e. The predicted octanol–water partition coefficient (Wildman–Crippen LogP) is 2.41. The van der Waals surface area contributed by atoms with Gasteiger partial charge < -0.3 is 5.32 Å². The number of nitrogens with one attached hydrogen (secondary N) is 1. The molecule has 0 bridgehead atoms. The summed E-state index contributed by atoms with van der Waals surface area (Å²) in [7, 11) is 3.99. The molecule has 2 heterocycles. The average Bonchev–Trinajstić information content (AvgIpc) is 2.84. The fourth-order valence-corrected chi connectivity index (χ4v) is 2.81. The van der Waals surface area contributed by atoms with Crippen molar-refractivity contribution in [3.8, 4) is 0 Å². The molecule has 2 aromatic rings. The summed E-state index contributed by atoms with van der Waals surface area (Å²) in [4.78, 5) is 0. The lowest BCUT2D eigenvalue weighted by atomic mass is 10.00. The van der Waals surface area contributed by atoms with Crippen LogP contribution < -0.4 is 5.32 Å². The standard InChI is InChI=1S/C12H17N3S/c1-8-11(9(2)15(4)14-8)12(13-3)10-5-6-16-7-10/h5-7,12-13H,1-4H3. The Morgan fingerprint density at radius 1 is 1.44 bits per heavy atom. The molecule has 0 saturated heterocycles. The molecule has 2 aromatic heterocycles. The Balaban J connectivity index is 2.49. The highest BCUT2D eigenvalue weighted by Gasteiger charge is 2.20. The summed E-state index contributed by atoms with van der Waals surface area (Å²) in [5.41, 5.74) is 4.93. The number of nitrogens with zero attached hydrogens (tertiary/aromatic N) is 2. The van der Waals surface area contributed by atoms with Gasteiger partial charge in [-0.05, 0) is 43.3 Å². The number of rotatable bonds is 3. The molecule has 16 heavy (non-hydrogen) atoms. The average molecular weight is 235 g/mol. The number of aromatic nitrogens is 2. The van der Waals surface area contributed by atoms with Crippen LogP contribution in [0.2, 0.25) is 0 Å². The highest BCUT2D eigenvalue weighted by atomic mass is 32.1. The van der Waals surface area contributed by atoms with Gasteiger partial charge in [0.1, 0.15) is 0 Å². The third-order valence-electron chi connectivity index (χ3n) is 3.02. The minimum Gasteiger partial charge on any atom is -0.309 e. The Bertz CT molecular complexity index is 471. The van der Waals surface area contributed by atoms with Crippen molar-refractivity contribution in [2.45, 2.75) is 19.9 Å². The van der Waals surface area contributed by atoms with Gasteiger partial charge in [0.15, 0.2) is 0 Å². The fourth-order valence-electron chi connectivity index (χ4n) is 2.12. The van der Waals surface area contributed by atoms with Crippen LogP contribution in [0.1, 0.15) is 28.6 Å². The molecule has 86 valence electrons.